The minimum atomic E-state index is -0.554. The first-order chi connectivity index (χ1) is 6.62. The smallest absolute Gasteiger partial charge is 0.251 e. The molecule has 0 unspecified atom stereocenters. The first-order valence-electron chi connectivity index (χ1n) is 4.41. The lowest BCUT2D eigenvalue weighted by Gasteiger charge is -2.16. The highest BCUT2D eigenvalue weighted by Crippen LogP contribution is 2.26. The second-order valence-corrected chi connectivity index (χ2v) is 3.76. The number of rotatable bonds is 1. The standard InChI is InChI=1S/C10H11N3O/c1-10(2)8(12-13-9(10)14)7-3-5-11-6-4-7/h3-6H,1-2H3,(H,13,14). The summed E-state index contributed by atoms with van der Waals surface area (Å²) in [6.45, 7) is 3.71. The fraction of sp³-hybridized carbons (Fsp3) is 0.300. The van der Waals surface area contributed by atoms with E-state index in [4.69, 9.17) is 0 Å². The van der Waals surface area contributed by atoms with Gasteiger partial charge in [-0.05, 0) is 26.0 Å². The van der Waals surface area contributed by atoms with Gasteiger partial charge in [0, 0.05) is 18.0 Å². The van der Waals surface area contributed by atoms with Crippen LogP contribution in [-0.2, 0) is 4.79 Å². The fourth-order valence-electron chi connectivity index (χ4n) is 1.43. The van der Waals surface area contributed by atoms with Crippen molar-refractivity contribution < 1.29 is 4.79 Å². The Kier molecular flexibility index (Phi) is 1.84. The summed E-state index contributed by atoms with van der Waals surface area (Å²) in [5.41, 5.74) is 3.63. The third kappa shape index (κ3) is 1.19. The van der Waals surface area contributed by atoms with Gasteiger partial charge in [0.2, 0.25) is 0 Å². The van der Waals surface area contributed by atoms with E-state index >= 15 is 0 Å². The Hall–Kier alpha value is -1.71. The first kappa shape index (κ1) is 8.87. The van der Waals surface area contributed by atoms with Gasteiger partial charge in [0.05, 0.1) is 11.1 Å². The zero-order valence-electron chi connectivity index (χ0n) is 8.11. The van der Waals surface area contributed by atoms with Gasteiger partial charge in [-0.3, -0.25) is 9.78 Å². The van der Waals surface area contributed by atoms with Crippen LogP contribution in [0.25, 0.3) is 0 Å². The zero-order chi connectivity index (χ0) is 10.2. The predicted molar refractivity (Wildman–Crippen MR) is 52.7 cm³/mol. The van der Waals surface area contributed by atoms with Crippen LogP contribution in [0.4, 0.5) is 0 Å². The third-order valence-corrected chi connectivity index (χ3v) is 2.38. The van der Waals surface area contributed by atoms with E-state index in [1.54, 1.807) is 12.4 Å². The van der Waals surface area contributed by atoms with Crippen molar-refractivity contribution in [2.45, 2.75) is 13.8 Å². The van der Waals surface area contributed by atoms with E-state index in [0.717, 1.165) is 11.3 Å². The molecule has 0 fully saturated rings. The molecular formula is C10H11N3O. The van der Waals surface area contributed by atoms with E-state index in [9.17, 15) is 4.79 Å². The highest BCUT2D eigenvalue weighted by atomic mass is 16.2. The summed E-state index contributed by atoms with van der Waals surface area (Å²) in [6.07, 6.45) is 3.38. The lowest BCUT2D eigenvalue weighted by atomic mass is 9.84. The van der Waals surface area contributed by atoms with Crippen LogP contribution in [0.3, 0.4) is 0 Å². The van der Waals surface area contributed by atoms with Crippen molar-refractivity contribution in [2.24, 2.45) is 10.5 Å². The van der Waals surface area contributed by atoms with E-state index in [1.807, 2.05) is 26.0 Å². The molecule has 1 N–H and O–H groups in total. The molecule has 4 heteroatoms. The average molecular weight is 189 g/mol. The van der Waals surface area contributed by atoms with Gasteiger partial charge in [-0.2, -0.15) is 5.10 Å². The Morgan fingerprint density at radius 1 is 1.29 bits per heavy atom. The van der Waals surface area contributed by atoms with Gasteiger partial charge in [0.15, 0.2) is 0 Å². The summed E-state index contributed by atoms with van der Waals surface area (Å²) in [5.74, 6) is -0.0655. The molecule has 0 saturated heterocycles. The van der Waals surface area contributed by atoms with Crippen molar-refractivity contribution in [3.63, 3.8) is 0 Å². The summed E-state index contributed by atoms with van der Waals surface area (Å²) in [4.78, 5) is 15.4. The number of carbonyl (C=O) groups excluding carboxylic acids is 1. The van der Waals surface area contributed by atoms with Crippen molar-refractivity contribution in [1.82, 2.24) is 10.4 Å². The second kappa shape index (κ2) is 2.90. The number of amides is 1. The van der Waals surface area contributed by atoms with Crippen LogP contribution in [0.5, 0.6) is 0 Å². The van der Waals surface area contributed by atoms with Gasteiger partial charge in [-0.25, -0.2) is 5.43 Å². The highest BCUT2D eigenvalue weighted by molar-refractivity contribution is 6.19. The number of aromatic nitrogens is 1. The molecule has 1 aromatic rings. The molecule has 0 saturated carbocycles. The number of nitrogens with zero attached hydrogens (tertiary/aromatic N) is 2. The van der Waals surface area contributed by atoms with Gasteiger partial charge in [-0.1, -0.05) is 0 Å². The van der Waals surface area contributed by atoms with Crippen LogP contribution in [0.1, 0.15) is 19.4 Å². The molecule has 0 spiro atoms. The minimum Gasteiger partial charge on any atom is -0.272 e. The molecular weight excluding hydrogens is 178 g/mol. The summed E-state index contributed by atoms with van der Waals surface area (Å²) in [6, 6.07) is 3.70. The molecule has 2 heterocycles. The molecule has 4 nitrogen and oxygen atoms in total. The lowest BCUT2D eigenvalue weighted by Crippen LogP contribution is -2.32. The average Bonchev–Trinajstić information content (AvgIpc) is 2.44. The molecule has 0 radical (unpaired) electrons. The quantitative estimate of drug-likeness (QED) is 0.714. The zero-order valence-corrected chi connectivity index (χ0v) is 8.11. The summed E-state index contributed by atoms with van der Waals surface area (Å²) in [5, 5.41) is 4.03. The van der Waals surface area contributed by atoms with Crippen molar-refractivity contribution in [3.8, 4) is 0 Å². The van der Waals surface area contributed by atoms with Crippen molar-refractivity contribution >= 4 is 11.6 Å². The van der Waals surface area contributed by atoms with Crippen LogP contribution in [-0.4, -0.2) is 16.6 Å². The molecule has 1 amide bonds. The van der Waals surface area contributed by atoms with Crippen LogP contribution in [0.2, 0.25) is 0 Å². The number of pyridine rings is 1. The van der Waals surface area contributed by atoms with E-state index in [0.29, 0.717) is 0 Å². The monoisotopic (exact) mass is 189 g/mol. The van der Waals surface area contributed by atoms with Gasteiger partial charge in [0.1, 0.15) is 0 Å². The molecule has 0 aromatic carbocycles. The molecule has 0 aliphatic carbocycles. The number of hydrogen-bond donors (Lipinski definition) is 1. The van der Waals surface area contributed by atoms with Crippen molar-refractivity contribution in [1.29, 1.82) is 0 Å². The molecule has 1 aliphatic heterocycles. The van der Waals surface area contributed by atoms with Crippen LogP contribution in [0, 0.1) is 5.41 Å². The maximum atomic E-state index is 11.4. The molecule has 14 heavy (non-hydrogen) atoms. The topological polar surface area (TPSA) is 54.4 Å². The molecule has 1 aliphatic rings. The van der Waals surface area contributed by atoms with Gasteiger partial charge in [0.25, 0.3) is 5.91 Å². The van der Waals surface area contributed by atoms with E-state index in [1.165, 1.54) is 0 Å². The minimum absolute atomic E-state index is 0.0655. The van der Waals surface area contributed by atoms with Crippen LogP contribution < -0.4 is 5.43 Å². The SMILES string of the molecule is CC1(C)C(=O)NN=C1c1ccncc1. The number of hydrogen-bond acceptors (Lipinski definition) is 3. The number of hydrazone groups is 1. The highest BCUT2D eigenvalue weighted by Gasteiger charge is 2.38. The fourth-order valence-corrected chi connectivity index (χ4v) is 1.43. The maximum absolute atomic E-state index is 11.4. The predicted octanol–water partition coefficient (Wildman–Crippen LogP) is 0.942. The number of nitrogens with one attached hydrogen (secondary N) is 1. The van der Waals surface area contributed by atoms with E-state index in [2.05, 4.69) is 15.5 Å². The third-order valence-electron chi connectivity index (χ3n) is 2.38. The Bertz CT molecular complexity index is 395. The molecule has 72 valence electrons. The van der Waals surface area contributed by atoms with Crippen molar-refractivity contribution in [2.75, 3.05) is 0 Å². The Labute approximate surface area is 82.0 Å². The molecule has 2 rings (SSSR count). The Morgan fingerprint density at radius 2 is 1.93 bits per heavy atom. The van der Waals surface area contributed by atoms with E-state index < -0.39 is 5.41 Å². The summed E-state index contributed by atoms with van der Waals surface area (Å²) >= 11 is 0. The molecule has 0 atom stereocenters. The Balaban J connectivity index is 2.43. The van der Waals surface area contributed by atoms with Crippen molar-refractivity contribution in [3.05, 3.63) is 30.1 Å². The lowest BCUT2D eigenvalue weighted by molar-refractivity contribution is -0.125. The normalized spacial score (nSPS) is 19.0. The maximum Gasteiger partial charge on any atom is 0.251 e. The van der Waals surface area contributed by atoms with E-state index in [-0.39, 0.29) is 5.91 Å². The first-order valence-corrected chi connectivity index (χ1v) is 4.41. The second-order valence-electron chi connectivity index (χ2n) is 3.76. The van der Waals surface area contributed by atoms with Crippen LogP contribution in [0.15, 0.2) is 29.6 Å². The largest absolute Gasteiger partial charge is 0.272 e. The number of carbonyl (C=O) groups is 1. The summed E-state index contributed by atoms with van der Waals surface area (Å²) < 4.78 is 0. The summed E-state index contributed by atoms with van der Waals surface area (Å²) in [7, 11) is 0. The Morgan fingerprint density at radius 3 is 2.43 bits per heavy atom. The molecule has 0 bridgehead atoms. The van der Waals surface area contributed by atoms with Crippen LogP contribution >= 0.6 is 0 Å². The van der Waals surface area contributed by atoms with Gasteiger partial charge < -0.3 is 0 Å². The van der Waals surface area contributed by atoms with Gasteiger partial charge >= 0.3 is 0 Å². The van der Waals surface area contributed by atoms with Gasteiger partial charge in [-0.15, -0.1) is 0 Å². The molecule has 1 aromatic heterocycles.